The number of halogens is 4. The molecule has 1 atom stereocenters. The first-order valence-electron chi connectivity index (χ1n) is 6.20. The van der Waals surface area contributed by atoms with Gasteiger partial charge in [-0.3, -0.25) is 0 Å². The van der Waals surface area contributed by atoms with Gasteiger partial charge >= 0.3 is 0 Å². The second-order valence-electron chi connectivity index (χ2n) is 4.25. The van der Waals surface area contributed by atoms with E-state index < -0.39 is 24.3 Å². The van der Waals surface area contributed by atoms with Crippen molar-refractivity contribution in [3.8, 4) is 0 Å². The van der Waals surface area contributed by atoms with E-state index >= 15 is 0 Å². The molecule has 0 radical (unpaired) electrons. The van der Waals surface area contributed by atoms with E-state index in [1.54, 1.807) is 12.1 Å². The highest BCUT2D eigenvalue weighted by Crippen LogP contribution is 2.19. The van der Waals surface area contributed by atoms with Crippen LogP contribution in [0.4, 0.5) is 8.78 Å². The van der Waals surface area contributed by atoms with Gasteiger partial charge in [-0.2, -0.15) is 0 Å². The summed E-state index contributed by atoms with van der Waals surface area (Å²) in [5, 5.41) is 17.8. The molecule has 2 nitrogen and oxygen atoms in total. The molecule has 2 rings (SSSR count). The van der Waals surface area contributed by atoms with Gasteiger partial charge in [-0.15, -0.1) is 0 Å². The second kappa shape index (κ2) is 10.3. The zero-order chi connectivity index (χ0) is 16.7. The maximum atomic E-state index is 12.8. The SMILES string of the molecule is C.C=Cc1ccc(Cl)c(F)c1.OC[C@H](O)c1ccc(Cl)c(F)c1. The molecule has 0 spiro atoms. The third-order valence-corrected chi connectivity index (χ3v) is 3.29. The van der Waals surface area contributed by atoms with E-state index in [1.165, 1.54) is 24.3 Å². The predicted molar refractivity (Wildman–Crippen MR) is 91.7 cm³/mol. The quantitative estimate of drug-likeness (QED) is 0.781. The van der Waals surface area contributed by atoms with E-state index in [9.17, 15) is 8.78 Å². The van der Waals surface area contributed by atoms with E-state index in [2.05, 4.69) is 6.58 Å². The number of aliphatic hydroxyl groups excluding tert-OH is 2. The largest absolute Gasteiger partial charge is 0.393 e. The fraction of sp³-hybridized carbons (Fsp3) is 0.176. The van der Waals surface area contributed by atoms with Gasteiger partial charge in [0.15, 0.2) is 0 Å². The molecule has 0 saturated heterocycles. The minimum absolute atomic E-state index is 0. The number of hydrogen-bond acceptors (Lipinski definition) is 2. The van der Waals surface area contributed by atoms with Crippen LogP contribution in [0, 0.1) is 11.6 Å². The highest BCUT2D eigenvalue weighted by atomic mass is 35.5. The molecule has 0 aromatic heterocycles. The molecule has 0 heterocycles. The van der Waals surface area contributed by atoms with Gasteiger partial charge < -0.3 is 10.2 Å². The van der Waals surface area contributed by atoms with E-state index in [0.29, 0.717) is 5.56 Å². The lowest BCUT2D eigenvalue weighted by atomic mass is 10.1. The van der Waals surface area contributed by atoms with Crippen molar-refractivity contribution >= 4 is 29.3 Å². The summed E-state index contributed by atoms with van der Waals surface area (Å²) >= 11 is 10.8. The van der Waals surface area contributed by atoms with Gasteiger partial charge in [-0.1, -0.05) is 55.4 Å². The Labute approximate surface area is 144 Å². The van der Waals surface area contributed by atoms with Crippen LogP contribution in [0.25, 0.3) is 6.08 Å². The van der Waals surface area contributed by atoms with Crippen molar-refractivity contribution in [2.45, 2.75) is 13.5 Å². The molecule has 2 aromatic rings. The van der Waals surface area contributed by atoms with Crippen molar-refractivity contribution in [3.63, 3.8) is 0 Å². The summed E-state index contributed by atoms with van der Waals surface area (Å²) in [6.07, 6.45) is 0.524. The van der Waals surface area contributed by atoms with Crippen LogP contribution in [0.1, 0.15) is 24.7 Å². The Balaban J connectivity index is 0.000000409. The minimum atomic E-state index is -1.04. The molecule has 126 valence electrons. The number of hydrogen-bond donors (Lipinski definition) is 2. The topological polar surface area (TPSA) is 40.5 Å². The van der Waals surface area contributed by atoms with Crippen molar-refractivity contribution in [1.29, 1.82) is 0 Å². The Bertz CT molecular complexity index is 648. The zero-order valence-electron chi connectivity index (χ0n) is 11.4. The van der Waals surface area contributed by atoms with Gasteiger partial charge in [-0.25, -0.2) is 8.78 Å². The van der Waals surface area contributed by atoms with E-state index in [-0.39, 0.29) is 17.5 Å². The lowest BCUT2D eigenvalue weighted by Gasteiger charge is -2.07. The van der Waals surface area contributed by atoms with E-state index in [0.717, 1.165) is 11.6 Å². The normalized spacial score (nSPS) is 10.9. The highest BCUT2D eigenvalue weighted by Gasteiger charge is 2.08. The van der Waals surface area contributed by atoms with Gasteiger partial charge in [0.25, 0.3) is 0 Å². The molecule has 23 heavy (non-hydrogen) atoms. The summed E-state index contributed by atoms with van der Waals surface area (Å²) in [6, 6.07) is 8.46. The number of benzene rings is 2. The van der Waals surface area contributed by atoms with Gasteiger partial charge in [0.2, 0.25) is 0 Å². The average molecular weight is 363 g/mol. The van der Waals surface area contributed by atoms with Crippen molar-refractivity contribution in [2.24, 2.45) is 0 Å². The Morgan fingerprint density at radius 2 is 1.57 bits per heavy atom. The first-order valence-corrected chi connectivity index (χ1v) is 6.96. The molecule has 0 saturated carbocycles. The van der Waals surface area contributed by atoms with Crippen molar-refractivity contribution < 1.29 is 19.0 Å². The Kier molecular flexibility index (Phi) is 9.68. The lowest BCUT2D eigenvalue weighted by molar-refractivity contribution is 0.0954. The fourth-order valence-electron chi connectivity index (χ4n) is 1.46. The molecule has 0 aliphatic heterocycles. The second-order valence-corrected chi connectivity index (χ2v) is 5.06. The number of aliphatic hydroxyl groups is 2. The van der Waals surface area contributed by atoms with Crippen LogP contribution in [0.2, 0.25) is 10.0 Å². The molecule has 6 heteroatoms. The maximum Gasteiger partial charge on any atom is 0.142 e. The Morgan fingerprint density at radius 3 is 2.00 bits per heavy atom. The summed E-state index contributed by atoms with van der Waals surface area (Å²) in [7, 11) is 0. The van der Waals surface area contributed by atoms with Crippen LogP contribution in [-0.4, -0.2) is 16.8 Å². The lowest BCUT2D eigenvalue weighted by Crippen LogP contribution is -2.02. The van der Waals surface area contributed by atoms with Crippen LogP contribution in [0.5, 0.6) is 0 Å². The van der Waals surface area contributed by atoms with E-state index in [1.807, 2.05) is 0 Å². The van der Waals surface area contributed by atoms with Crippen molar-refractivity contribution in [1.82, 2.24) is 0 Å². The molecule has 0 unspecified atom stereocenters. The van der Waals surface area contributed by atoms with Crippen LogP contribution >= 0.6 is 23.2 Å². The van der Waals surface area contributed by atoms with Crippen molar-refractivity contribution in [3.05, 3.63) is 75.8 Å². The van der Waals surface area contributed by atoms with Crippen LogP contribution in [-0.2, 0) is 0 Å². The molecular formula is C17H18Cl2F2O2. The summed E-state index contributed by atoms with van der Waals surface area (Å²) in [5.41, 5.74) is 1.06. The van der Waals surface area contributed by atoms with E-state index in [4.69, 9.17) is 33.4 Å². The minimum Gasteiger partial charge on any atom is -0.393 e. The molecule has 0 aliphatic carbocycles. The molecule has 2 N–H and O–H groups in total. The standard InChI is InChI=1S/C8H8ClFO2.C8H6ClF.CH4/c9-6-2-1-5(3-7(6)10)8(12)4-11;1-2-6-3-4-7(9)8(10)5-6;/h1-3,8,11-12H,4H2;2-5H,1H2;1H4/t8-;;/m0../s1. The average Bonchev–Trinajstić information content (AvgIpc) is 2.52. The summed E-state index contributed by atoms with van der Waals surface area (Å²) in [4.78, 5) is 0. The molecule has 0 fully saturated rings. The van der Waals surface area contributed by atoms with Crippen LogP contribution < -0.4 is 0 Å². The molecule has 0 aliphatic rings. The maximum absolute atomic E-state index is 12.8. The zero-order valence-corrected chi connectivity index (χ0v) is 13.0. The van der Waals surface area contributed by atoms with Gasteiger partial charge in [0, 0.05) is 0 Å². The third-order valence-electron chi connectivity index (χ3n) is 2.68. The summed E-state index contributed by atoms with van der Waals surface area (Å²) in [6.45, 7) is 3.06. The van der Waals surface area contributed by atoms with Crippen LogP contribution in [0.15, 0.2) is 43.0 Å². The van der Waals surface area contributed by atoms with Gasteiger partial charge in [0.1, 0.15) is 17.7 Å². The van der Waals surface area contributed by atoms with Crippen molar-refractivity contribution in [2.75, 3.05) is 6.61 Å². The summed E-state index contributed by atoms with van der Waals surface area (Å²) in [5.74, 6) is -0.999. The highest BCUT2D eigenvalue weighted by molar-refractivity contribution is 6.31. The van der Waals surface area contributed by atoms with Crippen LogP contribution in [0.3, 0.4) is 0 Å². The monoisotopic (exact) mass is 362 g/mol. The summed E-state index contributed by atoms with van der Waals surface area (Å²) < 4.78 is 25.3. The Hall–Kier alpha value is -1.46. The van der Waals surface area contributed by atoms with Gasteiger partial charge in [-0.05, 0) is 35.4 Å². The smallest absolute Gasteiger partial charge is 0.142 e. The fourth-order valence-corrected chi connectivity index (χ4v) is 1.70. The molecule has 2 aromatic carbocycles. The Morgan fingerprint density at radius 1 is 1.04 bits per heavy atom. The van der Waals surface area contributed by atoms with Gasteiger partial charge in [0.05, 0.1) is 16.7 Å². The third kappa shape index (κ3) is 6.67. The first-order chi connectivity index (χ1) is 10.4. The molecular weight excluding hydrogens is 345 g/mol. The first kappa shape index (κ1) is 21.5. The molecule has 0 bridgehead atoms. The predicted octanol–water partition coefficient (Wildman–Crippen LogP) is 5.26. The molecule has 0 amide bonds. The number of rotatable bonds is 3.